The lowest BCUT2D eigenvalue weighted by Crippen LogP contribution is -2.38. The van der Waals surface area contributed by atoms with Crippen molar-refractivity contribution in [1.29, 1.82) is 0 Å². The van der Waals surface area contributed by atoms with Crippen LogP contribution < -0.4 is 10.6 Å². The van der Waals surface area contributed by atoms with E-state index in [1.807, 2.05) is 12.1 Å². The van der Waals surface area contributed by atoms with Crippen LogP contribution in [0.25, 0.3) is 0 Å². The van der Waals surface area contributed by atoms with Gasteiger partial charge in [-0.05, 0) is 49.6 Å². The van der Waals surface area contributed by atoms with Crippen molar-refractivity contribution in [2.45, 2.75) is 33.7 Å². The number of halogens is 1. The van der Waals surface area contributed by atoms with Gasteiger partial charge in [-0.1, -0.05) is 17.7 Å². The van der Waals surface area contributed by atoms with Crippen LogP contribution >= 0.6 is 24.0 Å². The molecule has 23 heavy (non-hydrogen) atoms. The summed E-state index contributed by atoms with van der Waals surface area (Å²) in [5, 5.41) is 6.68. The Kier molecular flexibility index (Phi) is 8.16. The van der Waals surface area contributed by atoms with E-state index >= 15 is 0 Å². The second-order valence-electron chi connectivity index (χ2n) is 5.56. The van der Waals surface area contributed by atoms with Gasteiger partial charge >= 0.3 is 0 Å². The molecule has 2 aromatic rings. The summed E-state index contributed by atoms with van der Waals surface area (Å²) in [4.78, 5) is 4.26. The second-order valence-corrected chi connectivity index (χ2v) is 5.56. The summed E-state index contributed by atoms with van der Waals surface area (Å²) >= 11 is 0. The summed E-state index contributed by atoms with van der Waals surface area (Å²) in [7, 11) is 1.79. The number of guanidine groups is 1. The number of aryl methyl sites for hydroxylation is 3. The van der Waals surface area contributed by atoms with E-state index in [-0.39, 0.29) is 24.0 Å². The smallest absolute Gasteiger partial charge is 0.191 e. The van der Waals surface area contributed by atoms with Gasteiger partial charge in [-0.25, -0.2) is 0 Å². The molecule has 1 aromatic heterocycles. The van der Waals surface area contributed by atoms with Crippen LogP contribution in [0, 0.1) is 20.8 Å². The first-order valence-electron chi connectivity index (χ1n) is 7.63. The minimum Gasteiger partial charge on any atom is -0.469 e. The molecular weight excluding hydrogens is 401 g/mol. The lowest BCUT2D eigenvalue weighted by atomic mass is 10.00. The summed E-state index contributed by atoms with van der Waals surface area (Å²) in [6.45, 7) is 8.01. The van der Waals surface area contributed by atoms with Gasteiger partial charge in [0, 0.05) is 26.6 Å². The number of furan rings is 1. The van der Waals surface area contributed by atoms with E-state index in [4.69, 9.17) is 4.42 Å². The molecule has 0 aliphatic rings. The SMILES string of the molecule is CN=C(NCCc1ccco1)NCc1c(C)cc(C)cc1C.I. The Hall–Kier alpha value is -1.50. The fraction of sp³-hybridized carbons (Fsp3) is 0.389. The van der Waals surface area contributed by atoms with Crippen molar-refractivity contribution in [2.24, 2.45) is 4.99 Å². The molecule has 0 saturated heterocycles. The molecule has 2 rings (SSSR count). The average molecular weight is 427 g/mol. The van der Waals surface area contributed by atoms with E-state index < -0.39 is 0 Å². The molecule has 126 valence electrons. The molecule has 0 atom stereocenters. The summed E-state index contributed by atoms with van der Waals surface area (Å²) in [5.74, 6) is 1.79. The van der Waals surface area contributed by atoms with Crippen LogP contribution in [0.4, 0.5) is 0 Å². The minimum absolute atomic E-state index is 0. The largest absolute Gasteiger partial charge is 0.469 e. The summed E-state index contributed by atoms with van der Waals surface area (Å²) in [5.41, 5.74) is 5.27. The van der Waals surface area contributed by atoms with Crippen molar-refractivity contribution in [3.05, 3.63) is 58.5 Å². The van der Waals surface area contributed by atoms with Crippen molar-refractivity contribution < 1.29 is 4.42 Å². The van der Waals surface area contributed by atoms with Gasteiger partial charge in [0.15, 0.2) is 5.96 Å². The normalized spacial score (nSPS) is 11.0. The fourth-order valence-corrected chi connectivity index (χ4v) is 2.64. The first-order chi connectivity index (χ1) is 10.6. The number of nitrogens with one attached hydrogen (secondary N) is 2. The maximum absolute atomic E-state index is 5.32. The number of aliphatic imine (C=N–C) groups is 1. The van der Waals surface area contributed by atoms with E-state index in [9.17, 15) is 0 Å². The van der Waals surface area contributed by atoms with Crippen LogP contribution in [0.15, 0.2) is 39.9 Å². The van der Waals surface area contributed by atoms with Crippen molar-refractivity contribution >= 4 is 29.9 Å². The molecule has 0 bridgehead atoms. The maximum Gasteiger partial charge on any atom is 0.191 e. The van der Waals surface area contributed by atoms with Gasteiger partial charge in [-0.15, -0.1) is 24.0 Å². The molecule has 0 aliphatic carbocycles. The van der Waals surface area contributed by atoms with E-state index in [2.05, 4.69) is 48.5 Å². The molecule has 1 heterocycles. The highest BCUT2D eigenvalue weighted by Crippen LogP contribution is 2.15. The molecule has 1 aromatic carbocycles. The summed E-state index contributed by atoms with van der Waals surface area (Å²) in [6.07, 6.45) is 2.54. The molecule has 0 radical (unpaired) electrons. The highest BCUT2D eigenvalue weighted by atomic mass is 127. The van der Waals surface area contributed by atoms with Crippen LogP contribution in [0.2, 0.25) is 0 Å². The van der Waals surface area contributed by atoms with Crippen LogP contribution in [0.1, 0.15) is 28.0 Å². The monoisotopic (exact) mass is 427 g/mol. The van der Waals surface area contributed by atoms with Gasteiger partial charge in [0.1, 0.15) is 5.76 Å². The van der Waals surface area contributed by atoms with Crippen molar-refractivity contribution in [1.82, 2.24) is 10.6 Å². The highest BCUT2D eigenvalue weighted by molar-refractivity contribution is 14.0. The van der Waals surface area contributed by atoms with Gasteiger partial charge in [0.2, 0.25) is 0 Å². The van der Waals surface area contributed by atoms with Crippen LogP contribution in [0.3, 0.4) is 0 Å². The third kappa shape index (κ3) is 5.89. The second kappa shape index (κ2) is 9.60. The third-order valence-corrected chi connectivity index (χ3v) is 3.74. The van der Waals surface area contributed by atoms with Crippen molar-refractivity contribution in [2.75, 3.05) is 13.6 Å². The highest BCUT2D eigenvalue weighted by Gasteiger charge is 2.05. The average Bonchev–Trinajstić information content (AvgIpc) is 2.97. The Morgan fingerprint density at radius 3 is 2.39 bits per heavy atom. The van der Waals surface area contributed by atoms with Crippen molar-refractivity contribution in [3.8, 4) is 0 Å². The number of benzene rings is 1. The molecule has 5 heteroatoms. The quantitative estimate of drug-likeness (QED) is 0.435. The topological polar surface area (TPSA) is 49.6 Å². The summed E-state index contributed by atoms with van der Waals surface area (Å²) in [6, 6.07) is 8.33. The Morgan fingerprint density at radius 2 is 1.83 bits per heavy atom. The Balaban J connectivity index is 0.00000264. The minimum atomic E-state index is 0. The molecule has 0 amide bonds. The van der Waals surface area contributed by atoms with Crippen LogP contribution in [-0.2, 0) is 13.0 Å². The predicted molar refractivity (Wildman–Crippen MR) is 107 cm³/mol. The van der Waals surface area contributed by atoms with Gasteiger partial charge in [0.05, 0.1) is 6.26 Å². The molecule has 0 fully saturated rings. The number of hydrogen-bond acceptors (Lipinski definition) is 2. The fourth-order valence-electron chi connectivity index (χ4n) is 2.64. The zero-order valence-corrected chi connectivity index (χ0v) is 16.6. The van der Waals surface area contributed by atoms with Gasteiger partial charge in [0.25, 0.3) is 0 Å². The molecular formula is C18H26IN3O. The number of hydrogen-bond donors (Lipinski definition) is 2. The summed E-state index contributed by atoms with van der Waals surface area (Å²) < 4.78 is 5.32. The Morgan fingerprint density at radius 1 is 1.13 bits per heavy atom. The Bertz CT molecular complexity index is 613. The molecule has 0 saturated carbocycles. The first kappa shape index (κ1) is 19.5. The molecule has 4 nitrogen and oxygen atoms in total. The third-order valence-electron chi connectivity index (χ3n) is 3.74. The van der Waals surface area contributed by atoms with E-state index in [0.29, 0.717) is 0 Å². The van der Waals surface area contributed by atoms with E-state index in [0.717, 1.165) is 31.2 Å². The molecule has 0 aliphatic heterocycles. The lowest BCUT2D eigenvalue weighted by molar-refractivity contribution is 0.507. The number of nitrogens with zero attached hydrogens (tertiary/aromatic N) is 1. The van der Waals surface area contributed by atoms with E-state index in [1.54, 1.807) is 13.3 Å². The van der Waals surface area contributed by atoms with Crippen molar-refractivity contribution in [3.63, 3.8) is 0 Å². The molecule has 2 N–H and O–H groups in total. The van der Waals surface area contributed by atoms with E-state index in [1.165, 1.54) is 22.3 Å². The zero-order valence-electron chi connectivity index (χ0n) is 14.3. The Labute approximate surface area is 155 Å². The van der Waals surface area contributed by atoms with Gasteiger partial charge in [-0.2, -0.15) is 0 Å². The van der Waals surface area contributed by atoms with Gasteiger partial charge in [-0.3, -0.25) is 4.99 Å². The van der Waals surface area contributed by atoms with Crippen LogP contribution in [0.5, 0.6) is 0 Å². The predicted octanol–water partition coefficient (Wildman–Crippen LogP) is 3.73. The molecule has 0 spiro atoms. The zero-order chi connectivity index (χ0) is 15.9. The molecule has 0 unspecified atom stereocenters. The van der Waals surface area contributed by atoms with Crippen LogP contribution in [-0.4, -0.2) is 19.6 Å². The van der Waals surface area contributed by atoms with Gasteiger partial charge < -0.3 is 15.1 Å². The first-order valence-corrected chi connectivity index (χ1v) is 7.63. The number of rotatable bonds is 5. The maximum atomic E-state index is 5.32. The lowest BCUT2D eigenvalue weighted by Gasteiger charge is -2.15. The standard InChI is InChI=1S/C18H25N3O.HI/c1-13-10-14(2)17(15(3)11-13)12-21-18(19-4)20-8-7-16-6-5-9-22-16;/h5-6,9-11H,7-8,12H2,1-4H3,(H2,19,20,21);1H.